The highest BCUT2D eigenvalue weighted by Crippen LogP contribution is 2.29. The minimum Gasteiger partial charge on any atom is -0.493 e. The van der Waals surface area contributed by atoms with Crippen LogP contribution in [-0.4, -0.2) is 46.8 Å². The van der Waals surface area contributed by atoms with Crippen LogP contribution in [-0.2, 0) is 9.53 Å². The van der Waals surface area contributed by atoms with Gasteiger partial charge in [-0.1, -0.05) is 0 Å². The highest BCUT2D eigenvalue weighted by molar-refractivity contribution is 6.04. The Morgan fingerprint density at radius 3 is 2.37 bits per heavy atom. The number of nitrogens with zero attached hydrogens (tertiary/aromatic N) is 1. The van der Waals surface area contributed by atoms with Crippen LogP contribution in [0.3, 0.4) is 0 Å². The molecule has 0 saturated carbocycles. The van der Waals surface area contributed by atoms with E-state index in [9.17, 15) is 9.59 Å². The second kappa shape index (κ2) is 8.93. The summed E-state index contributed by atoms with van der Waals surface area (Å²) < 4.78 is 15.2. The average molecular weight is 372 g/mol. The number of aryl methyl sites for hydroxylation is 1. The van der Waals surface area contributed by atoms with E-state index in [1.165, 1.54) is 20.3 Å². The van der Waals surface area contributed by atoms with E-state index in [4.69, 9.17) is 9.47 Å². The van der Waals surface area contributed by atoms with Gasteiger partial charge in [0.25, 0.3) is 5.91 Å². The van der Waals surface area contributed by atoms with Gasteiger partial charge in [0.05, 0.1) is 14.2 Å². The molecule has 0 atom stereocenters. The van der Waals surface area contributed by atoms with Crippen molar-refractivity contribution in [3.63, 3.8) is 0 Å². The van der Waals surface area contributed by atoms with E-state index < -0.39 is 5.97 Å². The minimum atomic E-state index is -0.525. The molecule has 0 unspecified atom stereocenters. The summed E-state index contributed by atoms with van der Waals surface area (Å²) in [5.41, 5.74) is 3.20. The summed E-state index contributed by atoms with van der Waals surface area (Å²) in [6.07, 6.45) is 0. The van der Waals surface area contributed by atoms with Crippen molar-refractivity contribution in [1.82, 2.24) is 0 Å². The van der Waals surface area contributed by atoms with Crippen LogP contribution in [0.1, 0.15) is 15.9 Å². The molecule has 0 aliphatic heterocycles. The third-order valence-electron chi connectivity index (χ3n) is 3.94. The number of hydrogen-bond acceptors (Lipinski definition) is 6. The molecule has 0 heterocycles. The van der Waals surface area contributed by atoms with Crippen LogP contribution >= 0.6 is 0 Å². The highest BCUT2D eigenvalue weighted by Gasteiger charge is 2.13. The van der Waals surface area contributed by atoms with Crippen LogP contribution < -0.4 is 19.7 Å². The van der Waals surface area contributed by atoms with Crippen molar-refractivity contribution in [3.8, 4) is 11.5 Å². The molecule has 144 valence electrons. The Morgan fingerprint density at radius 2 is 1.78 bits per heavy atom. The lowest BCUT2D eigenvalue weighted by Crippen LogP contribution is -2.15. The van der Waals surface area contributed by atoms with E-state index in [1.54, 1.807) is 12.1 Å². The first-order valence-corrected chi connectivity index (χ1v) is 8.32. The van der Waals surface area contributed by atoms with E-state index in [0.29, 0.717) is 17.0 Å². The van der Waals surface area contributed by atoms with E-state index in [2.05, 4.69) is 10.1 Å². The summed E-state index contributed by atoms with van der Waals surface area (Å²) in [4.78, 5) is 25.9. The fourth-order valence-electron chi connectivity index (χ4n) is 2.56. The van der Waals surface area contributed by atoms with E-state index in [-0.39, 0.29) is 18.3 Å². The third kappa shape index (κ3) is 5.13. The fraction of sp³-hybridized carbons (Fsp3) is 0.300. The summed E-state index contributed by atoms with van der Waals surface area (Å²) in [5, 5.41) is 2.86. The number of nitrogens with one attached hydrogen (secondary N) is 1. The number of carbonyl (C=O) groups excluding carboxylic acids is 2. The average Bonchev–Trinajstić information content (AvgIpc) is 2.65. The molecule has 7 nitrogen and oxygen atoms in total. The third-order valence-corrected chi connectivity index (χ3v) is 3.94. The number of methoxy groups -OCH3 is 2. The lowest BCUT2D eigenvalue weighted by atomic mass is 10.1. The molecule has 2 aromatic carbocycles. The van der Waals surface area contributed by atoms with Gasteiger partial charge >= 0.3 is 5.97 Å². The summed E-state index contributed by atoms with van der Waals surface area (Å²) in [5.74, 6) is -0.114. The fourth-order valence-corrected chi connectivity index (χ4v) is 2.56. The number of esters is 1. The lowest BCUT2D eigenvalue weighted by molar-refractivity contribution is -0.142. The van der Waals surface area contributed by atoms with Crippen LogP contribution in [0.25, 0.3) is 0 Å². The van der Waals surface area contributed by atoms with Crippen LogP contribution in [0.15, 0.2) is 36.4 Å². The van der Waals surface area contributed by atoms with Gasteiger partial charge in [-0.15, -0.1) is 0 Å². The van der Waals surface area contributed by atoms with Crippen molar-refractivity contribution < 1.29 is 23.8 Å². The van der Waals surface area contributed by atoms with Crippen molar-refractivity contribution in [1.29, 1.82) is 0 Å². The number of benzene rings is 2. The topological polar surface area (TPSA) is 77.1 Å². The van der Waals surface area contributed by atoms with Gasteiger partial charge in [0.15, 0.2) is 18.1 Å². The van der Waals surface area contributed by atoms with Gasteiger partial charge < -0.3 is 24.4 Å². The summed E-state index contributed by atoms with van der Waals surface area (Å²) in [7, 11) is 6.69. The second-order valence-corrected chi connectivity index (χ2v) is 6.08. The van der Waals surface area contributed by atoms with Gasteiger partial charge in [-0.05, 0) is 48.9 Å². The monoisotopic (exact) mass is 372 g/mol. The van der Waals surface area contributed by atoms with Crippen LogP contribution in [0, 0.1) is 6.92 Å². The Kier molecular flexibility index (Phi) is 6.65. The van der Waals surface area contributed by atoms with Crippen molar-refractivity contribution >= 4 is 23.3 Å². The molecule has 27 heavy (non-hydrogen) atoms. The Hall–Kier alpha value is -3.22. The van der Waals surface area contributed by atoms with Crippen molar-refractivity contribution in [2.75, 3.05) is 45.1 Å². The van der Waals surface area contributed by atoms with Gasteiger partial charge in [-0.3, -0.25) is 4.79 Å². The quantitative estimate of drug-likeness (QED) is 0.753. The van der Waals surface area contributed by atoms with Gasteiger partial charge in [-0.2, -0.15) is 0 Å². The van der Waals surface area contributed by atoms with Gasteiger partial charge in [0.2, 0.25) is 0 Å². The molecule has 0 saturated heterocycles. The van der Waals surface area contributed by atoms with E-state index >= 15 is 0 Å². The molecular formula is C20H24N2O5. The van der Waals surface area contributed by atoms with Crippen LogP contribution in [0.5, 0.6) is 11.5 Å². The minimum absolute atomic E-state index is 0.275. The van der Waals surface area contributed by atoms with E-state index in [0.717, 1.165) is 11.3 Å². The smallest absolute Gasteiger partial charge is 0.343 e. The standard InChI is InChI=1S/C20H24N2O5/c1-13-10-15(7-8-16(13)22(2)3)21-20(24)14-6-9-17(25-4)18(11-14)27-12-19(23)26-5/h6-11H,12H2,1-5H3,(H,21,24). The van der Waals surface area contributed by atoms with Crippen molar-refractivity contribution in [2.24, 2.45) is 0 Å². The summed E-state index contributed by atoms with van der Waals surface area (Å²) >= 11 is 0. The molecule has 0 fully saturated rings. The van der Waals surface area contributed by atoms with Crippen molar-refractivity contribution in [3.05, 3.63) is 47.5 Å². The first-order chi connectivity index (χ1) is 12.8. The number of hydrogen-bond donors (Lipinski definition) is 1. The normalized spacial score (nSPS) is 10.1. The molecule has 0 bridgehead atoms. The maximum absolute atomic E-state index is 12.6. The summed E-state index contributed by atoms with van der Waals surface area (Å²) in [6.45, 7) is 1.71. The molecule has 2 aromatic rings. The maximum atomic E-state index is 12.6. The first-order valence-electron chi connectivity index (χ1n) is 8.32. The molecule has 0 spiro atoms. The Labute approximate surface area is 158 Å². The molecule has 1 amide bonds. The zero-order valence-corrected chi connectivity index (χ0v) is 16.2. The van der Waals surface area contributed by atoms with Crippen molar-refractivity contribution in [2.45, 2.75) is 6.92 Å². The lowest BCUT2D eigenvalue weighted by Gasteiger charge is -2.17. The predicted molar refractivity (Wildman–Crippen MR) is 104 cm³/mol. The van der Waals surface area contributed by atoms with Gasteiger partial charge in [-0.25, -0.2) is 4.79 Å². The largest absolute Gasteiger partial charge is 0.493 e. The number of anilines is 2. The molecule has 1 N–H and O–H groups in total. The highest BCUT2D eigenvalue weighted by atomic mass is 16.6. The number of ether oxygens (including phenoxy) is 3. The van der Waals surface area contributed by atoms with E-state index in [1.807, 2.05) is 44.1 Å². The Morgan fingerprint density at radius 1 is 1.04 bits per heavy atom. The zero-order chi connectivity index (χ0) is 20.0. The Bertz CT molecular complexity index is 833. The van der Waals surface area contributed by atoms with Crippen LogP contribution in [0.4, 0.5) is 11.4 Å². The molecular weight excluding hydrogens is 348 g/mol. The van der Waals surface area contributed by atoms with Gasteiger partial charge in [0, 0.05) is 31.0 Å². The molecule has 0 aliphatic carbocycles. The first kappa shape index (κ1) is 20.1. The predicted octanol–water partition coefficient (Wildman–Crippen LogP) is 2.87. The number of carbonyl (C=O) groups is 2. The zero-order valence-electron chi connectivity index (χ0n) is 16.2. The van der Waals surface area contributed by atoms with Gasteiger partial charge in [0.1, 0.15) is 0 Å². The molecule has 7 heteroatoms. The molecule has 0 radical (unpaired) electrons. The SMILES string of the molecule is COC(=O)COc1cc(C(=O)Nc2ccc(N(C)C)c(C)c2)ccc1OC. The molecule has 0 aromatic heterocycles. The molecule has 0 aliphatic rings. The molecule has 2 rings (SSSR count). The number of rotatable bonds is 7. The summed E-state index contributed by atoms with van der Waals surface area (Å²) in [6, 6.07) is 10.5. The maximum Gasteiger partial charge on any atom is 0.343 e. The number of amides is 1. The second-order valence-electron chi connectivity index (χ2n) is 6.08. The Balaban J connectivity index is 2.18. The van der Waals surface area contributed by atoms with Crippen LogP contribution in [0.2, 0.25) is 0 Å².